The number of nitrogens with two attached hydrogens (primary N) is 1. The second-order valence-electron chi connectivity index (χ2n) is 2.38. The van der Waals surface area contributed by atoms with Gasteiger partial charge in [0.1, 0.15) is 5.82 Å². The Kier molecular flexibility index (Phi) is 3.00. The van der Waals surface area contributed by atoms with E-state index in [4.69, 9.17) is 17.3 Å². The largest absolute Gasteiger partial charge is 0.393 e. The van der Waals surface area contributed by atoms with E-state index >= 15 is 0 Å². The van der Waals surface area contributed by atoms with Crippen molar-refractivity contribution in [3.63, 3.8) is 0 Å². The van der Waals surface area contributed by atoms with Gasteiger partial charge in [-0.25, -0.2) is 4.39 Å². The smallest absolute Gasteiger partial charge is 0.123 e. The molecule has 1 aromatic rings. The minimum absolute atomic E-state index is 0.308. The van der Waals surface area contributed by atoms with Crippen molar-refractivity contribution in [2.45, 2.75) is 6.42 Å². The van der Waals surface area contributed by atoms with Crippen molar-refractivity contribution in [3.8, 4) is 0 Å². The summed E-state index contributed by atoms with van der Waals surface area (Å²) in [5.41, 5.74) is 5.92. The van der Waals surface area contributed by atoms with Gasteiger partial charge in [-0.2, -0.15) is 0 Å². The number of hydrogen-bond donors (Lipinski definition) is 1. The van der Waals surface area contributed by atoms with Crippen LogP contribution in [0.2, 0.25) is 5.02 Å². The third-order valence-electron chi connectivity index (χ3n) is 1.37. The summed E-state index contributed by atoms with van der Waals surface area (Å²) in [6, 6.07) is 4.12. The summed E-state index contributed by atoms with van der Waals surface area (Å²) in [6.45, 7) is 0. The lowest BCUT2D eigenvalue weighted by molar-refractivity contribution is 0.626. The average Bonchev–Trinajstić information content (AvgIpc) is 1.96. The monoisotopic (exact) mass is 203 g/mol. The van der Waals surface area contributed by atoms with Crippen LogP contribution in [0.5, 0.6) is 0 Å². The lowest BCUT2D eigenvalue weighted by Crippen LogP contribution is -2.11. The van der Waals surface area contributed by atoms with Gasteiger partial charge in [0.05, 0.1) is 4.99 Å². The first-order valence-corrected chi connectivity index (χ1v) is 4.10. The van der Waals surface area contributed by atoms with Gasteiger partial charge in [-0.1, -0.05) is 23.8 Å². The molecule has 0 aromatic heterocycles. The van der Waals surface area contributed by atoms with E-state index in [1.807, 2.05) is 0 Å². The van der Waals surface area contributed by atoms with Gasteiger partial charge in [0.2, 0.25) is 0 Å². The number of benzene rings is 1. The fourth-order valence-electron chi connectivity index (χ4n) is 0.866. The first kappa shape index (κ1) is 9.42. The van der Waals surface area contributed by atoms with Crippen LogP contribution in [0.3, 0.4) is 0 Å². The van der Waals surface area contributed by atoms with Crippen molar-refractivity contribution in [1.82, 2.24) is 0 Å². The third-order valence-corrected chi connectivity index (χ3v) is 1.89. The molecule has 1 aromatic carbocycles. The molecule has 0 radical (unpaired) electrons. The van der Waals surface area contributed by atoms with Crippen LogP contribution in [0.1, 0.15) is 5.56 Å². The number of halogens is 2. The van der Waals surface area contributed by atoms with E-state index in [2.05, 4.69) is 12.2 Å². The Balaban J connectivity index is 2.97. The molecule has 4 heteroatoms. The predicted octanol–water partition coefficient (Wildman–Crippen LogP) is 2.31. The molecule has 0 amide bonds. The van der Waals surface area contributed by atoms with Gasteiger partial charge in [-0.05, 0) is 23.8 Å². The highest BCUT2D eigenvalue weighted by atomic mass is 35.5. The van der Waals surface area contributed by atoms with Gasteiger partial charge in [0.15, 0.2) is 0 Å². The fourth-order valence-corrected chi connectivity index (χ4v) is 1.21. The zero-order chi connectivity index (χ0) is 9.14. The molecule has 0 heterocycles. The quantitative estimate of drug-likeness (QED) is 0.747. The van der Waals surface area contributed by atoms with Crippen molar-refractivity contribution in [1.29, 1.82) is 0 Å². The average molecular weight is 204 g/mol. The molecule has 2 N–H and O–H groups in total. The maximum absolute atomic E-state index is 12.7. The SMILES string of the molecule is NC(=S)Cc1cc(F)ccc1Cl. The Hall–Kier alpha value is -0.670. The molecular formula is C8H7ClFNS. The van der Waals surface area contributed by atoms with E-state index in [1.165, 1.54) is 18.2 Å². The highest BCUT2D eigenvalue weighted by Gasteiger charge is 2.02. The molecule has 64 valence electrons. The van der Waals surface area contributed by atoms with Crippen LogP contribution >= 0.6 is 23.8 Å². The predicted molar refractivity (Wildman–Crippen MR) is 51.9 cm³/mol. The van der Waals surface area contributed by atoms with E-state index in [1.54, 1.807) is 0 Å². The maximum Gasteiger partial charge on any atom is 0.123 e. The molecular weight excluding hydrogens is 197 g/mol. The van der Waals surface area contributed by atoms with Gasteiger partial charge in [0.25, 0.3) is 0 Å². The molecule has 0 aliphatic rings. The van der Waals surface area contributed by atoms with Crippen molar-refractivity contribution in [2.24, 2.45) is 5.73 Å². The van der Waals surface area contributed by atoms with E-state index in [9.17, 15) is 4.39 Å². The molecule has 0 saturated carbocycles. The molecule has 0 unspecified atom stereocenters. The molecule has 0 aliphatic heterocycles. The van der Waals surface area contributed by atoms with Gasteiger partial charge >= 0.3 is 0 Å². The molecule has 12 heavy (non-hydrogen) atoms. The van der Waals surface area contributed by atoms with Gasteiger partial charge in [0, 0.05) is 11.4 Å². The molecule has 1 nitrogen and oxygen atoms in total. The fraction of sp³-hybridized carbons (Fsp3) is 0.125. The molecule has 0 saturated heterocycles. The summed E-state index contributed by atoms with van der Waals surface area (Å²) >= 11 is 10.4. The summed E-state index contributed by atoms with van der Waals surface area (Å²) in [5, 5.41) is 0.490. The first-order chi connectivity index (χ1) is 5.59. The molecule has 1 rings (SSSR count). The molecule has 0 fully saturated rings. The molecule has 0 aliphatic carbocycles. The van der Waals surface area contributed by atoms with Crippen LogP contribution in [0.4, 0.5) is 4.39 Å². The van der Waals surface area contributed by atoms with Gasteiger partial charge in [-0.3, -0.25) is 0 Å². The maximum atomic E-state index is 12.7. The minimum atomic E-state index is -0.328. The topological polar surface area (TPSA) is 26.0 Å². The van der Waals surface area contributed by atoms with Crippen molar-refractivity contribution in [3.05, 3.63) is 34.6 Å². The molecule has 0 bridgehead atoms. The highest BCUT2D eigenvalue weighted by Crippen LogP contribution is 2.17. The molecule has 0 atom stereocenters. The Morgan fingerprint density at radius 1 is 1.58 bits per heavy atom. The summed E-state index contributed by atoms with van der Waals surface area (Å²) in [5.74, 6) is -0.328. The van der Waals surface area contributed by atoms with Crippen LogP contribution in [0.25, 0.3) is 0 Å². The van der Waals surface area contributed by atoms with Crippen molar-refractivity contribution < 1.29 is 4.39 Å². The van der Waals surface area contributed by atoms with Crippen LogP contribution in [-0.4, -0.2) is 4.99 Å². The van der Waals surface area contributed by atoms with E-state index in [0.29, 0.717) is 22.0 Å². The number of hydrogen-bond acceptors (Lipinski definition) is 1. The second-order valence-corrected chi connectivity index (χ2v) is 3.31. The van der Waals surface area contributed by atoms with Crippen LogP contribution in [0, 0.1) is 5.82 Å². The summed E-state index contributed by atoms with van der Waals surface area (Å²) in [4.78, 5) is 0.308. The standard InChI is InChI=1S/C8H7ClFNS/c9-7-2-1-6(10)3-5(7)4-8(11)12/h1-3H,4H2,(H2,11,12). The number of rotatable bonds is 2. The Morgan fingerprint density at radius 3 is 2.83 bits per heavy atom. The van der Waals surface area contributed by atoms with E-state index < -0.39 is 0 Å². The molecule has 0 spiro atoms. The van der Waals surface area contributed by atoms with E-state index in [0.717, 1.165) is 0 Å². The van der Waals surface area contributed by atoms with E-state index in [-0.39, 0.29) is 5.82 Å². The normalized spacial score (nSPS) is 9.83. The van der Waals surface area contributed by atoms with Crippen LogP contribution in [-0.2, 0) is 6.42 Å². The zero-order valence-corrected chi connectivity index (χ0v) is 7.75. The lowest BCUT2D eigenvalue weighted by atomic mass is 10.1. The summed E-state index contributed by atoms with van der Waals surface area (Å²) in [6.07, 6.45) is 0.339. The Labute approximate surface area is 80.3 Å². The van der Waals surface area contributed by atoms with Gasteiger partial charge in [-0.15, -0.1) is 0 Å². The summed E-state index contributed by atoms with van der Waals surface area (Å²) < 4.78 is 12.7. The third kappa shape index (κ3) is 2.43. The van der Waals surface area contributed by atoms with Crippen molar-refractivity contribution in [2.75, 3.05) is 0 Å². The Bertz CT molecular complexity index is 314. The van der Waals surface area contributed by atoms with Crippen LogP contribution < -0.4 is 5.73 Å². The van der Waals surface area contributed by atoms with Crippen LogP contribution in [0.15, 0.2) is 18.2 Å². The Morgan fingerprint density at radius 2 is 2.25 bits per heavy atom. The zero-order valence-electron chi connectivity index (χ0n) is 6.18. The summed E-state index contributed by atoms with van der Waals surface area (Å²) in [7, 11) is 0. The second kappa shape index (κ2) is 3.83. The lowest BCUT2D eigenvalue weighted by Gasteiger charge is -2.01. The first-order valence-electron chi connectivity index (χ1n) is 3.32. The number of thiocarbonyl (C=S) groups is 1. The van der Waals surface area contributed by atoms with Crippen molar-refractivity contribution >= 4 is 28.8 Å². The highest BCUT2D eigenvalue weighted by molar-refractivity contribution is 7.80. The van der Waals surface area contributed by atoms with Gasteiger partial charge < -0.3 is 5.73 Å². The minimum Gasteiger partial charge on any atom is -0.393 e.